The number of carbonyl (C=O) groups excluding carboxylic acids is 1. The Morgan fingerprint density at radius 3 is 2.42 bits per heavy atom. The van der Waals surface area contributed by atoms with Crippen molar-refractivity contribution in [2.45, 2.75) is 12.3 Å². The standard InChI is InChI=1S/C23H18O9S/c1-31-17(28)8-11(16-3-2-6-33-16)18-14(26)9-15(27)19-20(29)21(30)22(32-23(18)19)10-4-5-12(24)13(25)7-10/h2-7,9,11,24-27,30H,8H2,1H3. The van der Waals surface area contributed by atoms with Gasteiger partial charge in [-0.3, -0.25) is 9.59 Å². The third kappa shape index (κ3) is 3.80. The van der Waals surface area contributed by atoms with Crippen LogP contribution in [0.4, 0.5) is 0 Å². The van der Waals surface area contributed by atoms with Gasteiger partial charge in [0.25, 0.3) is 0 Å². The SMILES string of the molecule is COC(=O)CC(c1cccs1)c1c(O)cc(O)c2c(=O)c(O)c(-c3ccc(O)c(O)c3)oc12. The van der Waals surface area contributed by atoms with Crippen molar-refractivity contribution in [3.8, 4) is 40.1 Å². The molecular formula is C23H18O9S. The highest BCUT2D eigenvalue weighted by Crippen LogP contribution is 2.45. The second-order valence-corrected chi connectivity index (χ2v) is 8.17. The smallest absolute Gasteiger partial charge is 0.306 e. The minimum Gasteiger partial charge on any atom is -0.507 e. The summed E-state index contributed by atoms with van der Waals surface area (Å²) in [7, 11) is 1.22. The van der Waals surface area contributed by atoms with Crippen molar-refractivity contribution < 1.29 is 39.5 Å². The molecule has 1 unspecified atom stereocenters. The number of methoxy groups -OCH3 is 1. The van der Waals surface area contributed by atoms with Crippen LogP contribution in [0.1, 0.15) is 22.8 Å². The van der Waals surface area contributed by atoms with Gasteiger partial charge in [0.1, 0.15) is 22.5 Å². The first-order valence-electron chi connectivity index (χ1n) is 9.60. The molecule has 0 bridgehead atoms. The summed E-state index contributed by atoms with van der Waals surface area (Å²) >= 11 is 1.30. The van der Waals surface area contributed by atoms with E-state index >= 15 is 0 Å². The normalized spacial score (nSPS) is 12.0. The first kappa shape index (κ1) is 22.0. The third-order valence-corrected chi connectivity index (χ3v) is 6.20. The van der Waals surface area contributed by atoms with Gasteiger partial charge in [-0.2, -0.15) is 0 Å². The van der Waals surface area contributed by atoms with E-state index in [0.717, 1.165) is 18.2 Å². The summed E-state index contributed by atoms with van der Waals surface area (Å²) in [5.41, 5.74) is -1.14. The molecule has 33 heavy (non-hydrogen) atoms. The maximum atomic E-state index is 13.0. The van der Waals surface area contributed by atoms with E-state index in [2.05, 4.69) is 0 Å². The number of thiophene rings is 1. The molecule has 2 aromatic heterocycles. The molecule has 5 N–H and O–H groups in total. The van der Waals surface area contributed by atoms with E-state index in [1.807, 2.05) is 0 Å². The molecule has 2 aromatic carbocycles. The Morgan fingerprint density at radius 1 is 1.03 bits per heavy atom. The predicted octanol–water partition coefficient (Wildman–Crippen LogP) is 3.74. The Kier molecular flexibility index (Phi) is 5.60. The van der Waals surface area contributed by atoms with Crippen LogP contribution in [-0.4, -0.2) is 38.6 Å². The summed E-state index contributed by atoms with van der Waals surface area (Å²) < 4.78 is 10.6. The monoisotopic (exact) mass is 470 g/mol. The molecule has 4 aromatic rings. The highest BCUT2D eigenvalue weighted by molar-refractivity contribution is 7.10. The highest BCUT2D eigenvalue weighted by Gasteiger charge is 2.30. The van der Waals surface area contributed by atoms with E-state index in [4.69, 9.17) is 9.15 Å². The van der Waals surface area contributed by atoms with E-state index in [0.29, 0.717) is 4.88 Å². The molecule has 0 amide bonds. The number of aromatic hydroxyl groups is 5. The number of phenolic OH excluding ortho intramolecular Hbond substituents is 4. The number of benzene rings is 2. The molecule has 170 valence electrons. The van der Waals surface area contributed by atoms with Gasteiger partial charge in [-0.15, -0.1) is 11.3 Å². The lowest BCUT2D eigenvalue weighted by Crippen LogP contribution is -2.11. The van der Waals surface area contributed by atoms with Crippen molar-refractivity contribution in [1.29, 1.82) is 0 Å². The largest absolute Gasteiger partial charge is 0.507 e. The van der Waals surface area contributed by atoms with Gasteiger partial charge in [-0.25, -0.2) is 0 Å². The topological polar surface area (TPSA) is 158 Å². The van der Waals surface area contributed by atoms with Gasteiger partial charge in [-0.05, 0) is 29.6 Å². The molecule has 0 aliphatic rings. The van der Waals surface area contributed by atoms with Gasteiger partial charge < -0.3 is 34.7 Å². The highest BCUT2D eigenvalue weighted by atomic mass is 32.1. The van der Waals surface area contributed by atoms with E-state index in [-0.39, 0.29) is 28.9 Å². The minimum atomic E-state index is -0.986. The summed E-state index contributed by atoms with van der Waals surface area (Å²) in [5.74, 6) is -4.59. The maximum absolute atomic E-state index is 13.0. The van der Waals surface area contributed by atoms with Crippen molar-refractivity contribution in [2.75, 3.05) is 7.11 Å². The summed E-state index contributed by atoms with van der Waals surface area (Å²) in [6.45, 7) is 0. The van der Waals surface area contributed by atoms with Crippen molar-refractivity contribution >= 4 is 28.3 Å². The molecule has 0 aliphatic carbocycles. The number of fused-ring (bicyclic) bond motifs is 1. The zero-order chi connectivity index (χ0) is 23.9. The molecule has 0 saturated carbocycles. The number of ether oxygens (including phenoxy) is 1. The molecule has 0 saturated heterocycles. The number of carbonyl (C=O) groups is 1. The van der Waals surface area contributed by atoms with Crippen LogP contribution in [0.5, 0.6) is 28.7 Å². The second-order valence-electron chi connectivity index (χ2n) is 7.19. The summed E-state index contributed by atoms with van der Waals surface area (Å²) in [5, 5.41) is 52.4. The number of phenols is 4. The zero-order valence-corrected chi connectivity index (χ0v) is 17.9. The van der Waals surface area contributed by atoms with Crippen LogP contribution in [0.25, 0.3) is 22.3 Å². The van der Waals surface area contributed by atoms with E-state index in [1.165, 1.54) is 24.5 Å². The Morgan fingerprint density at radius 2 is 1.79 bits per heavy atom. The van der Waals surface area contributed by atoms with E-state index in [9.17, 15) is 35.1 Å². The Labute approximate surface area is 190 Å². The first-order valence-corrected chi connectivity index (χ1v) is 10.5. The molecule has 10 heteroatoms. The van der Waals surface area contributed by atoms with Crippen molar-refractivity contribution in [3.63, 3.8) is 0 Å². The average molecular weight is 470 g/mol. The predicted molar refractivity (Wildman–Crippen MR) is 119 cm³/mol. The number of hydrogen-bond donors (Lipinski definition) is 5. The van der Waals surface area contributed by atoms with Gasteiger partial charge in [0.05, 0.1) is 13.5 Å². The third-order valence-electron chi connectivity index (χ3n) is 5.21. The zero-order valence-electron chi connectivity index (χ0n) is 17.1. The van der Waals surface area contributed by atoms with Crippen LogP contribution in [0.3, 0.4) is 0 Å². The van der Waals surface area contributed by atoms with Crippen LogP contribution in [0, 0.1) is 0 Å². The molecule has 1 atom stereocenters. The lowest BCUT2D eigenvalue weighted by atomic mass is 9.91. The van der Waals surface area contributed by atoms with E-state index in [1.54, 1.807) is 17.5 Å². The Hall–Kier alpha value is -4.18. The summed E-state index contributed by atoms with van der Waals surface area (Å²) in [4.78, 5) is 25.8. The van der Waals surface area contributed by atoms with Crippen LogP contribution >= 0.6 is 11.3 Å². The number of rotatable bonds is 5. The summed E-state index contributed by atoms with van der Waals surface area (Å²) in [6, 6.07) is 7.93. The van der Waals surface area contributed by atoms with Crippen LogP contribution in [0.2, 0.25) is 0 Å². The van der Waals surface area contributed by atoms with Crippen LogP contribution < -0.4 is 5.43 Å². The van der Waals surface area contributed by atoms with Gasteiger partial charge in [0, 0.05) is 28.0 Å². The molecule has 0 radical (unpaired) electrons. The minimum absolute atomic E-state index is 0.0389. The summed E-state index contributed by atoms with van der Waals surface area (Å²) in [6.07, 6.45) is -0.204. The lowest BCUT2D eigenvalue weighted by Gasteiger charge is -2.19. The van der Waals surface area contributed by atoms with Gasteiger partial charge in [0.15, 0.2) is 17.3 Å². The van der Waals surface area contributed by atoms with Gasteiger partial charge in [0.2, 0.25) is 11.2 Å². The lowest BCUT2D eigenvalue weighted by molar-refractivity contribution is -0.140. The molecule has 0 aliphatic heterocycles. The Balaban J connectivity index is 2.08. The molecule has 0 fully saturated rings. The molecule has 4 rings (SSSR count). The maximum Gasteiger partial charge on any atom is 0.306 e. The fraction of sp³-hybridized carbons (Fsp3) is 0.130. The first-order chi connectivity index (χ1) is 15.7. The average Bonchev–Trinajstić information content (AvgIpc) is 3.31. The molecule has 2 heterocycles. The Bertz CT molecular complexity index is 1420. The van der Waals surface area contributed by atoms with Crippen molar-refractivity contribution in [1.82, 2.24) is 0 Å². The number of esters is 1. The molecule has 0 spiro atoms. The fourth-order valence-electron chi connectivity index (χ4n) is 3.63. The number of hydrogen-bond acceptors (Lipinski definition) is 10. The van der Waals surface area contributed by atoms with Crippen molar-refractivity contribution in [3.05, 3.63) is 62.4 Å². The van der Waals surface area contributed by atoms with E-state index < -0.39 is 51.4 Å². The van der Waals surface area contributed by atoms with Crippen LogP contribution in [0.15, 0.2) is 51.0 Å². The van der Waals surface area contributed by atoms with Gasteiger partial charge in [-0.1, -0.05) is 6.07 Å². The van der Waals surface area contributed by atoms with Crippen LogP contribution in [-0.2, 0) is 9.53 Å². The van der Waals surface area contributed by atoms with Crippen molar-refractivity contribution in [2.24, 2.45) is 0 Å². The molecule has 9 nitrogen and oxygen atoms in total. The quantitative estimate of drug-likeness (QED) is 0.216. The van der Waals surface area contributed by atoms with Gasteiger partial charge >= 0.3 is 5.97 Å². The molecular weight excluding hydrogens is 452 g/mol. The second kappa shape index (κ2) is 8.40. The fourth-order valence-corrected chi connectivity index (χ4v) is 4.46.